The van der Waals surface area contributed by atoms with Crippen molar-refractivity contribution in [2.24, 2.45) is 0 Å². The van der Waals surface area contributed by atoms with Crippen LogP contribution in [-0.4, -0.2) is 37.4 Å². The highest BCUT2D eigenvalue weighted by atomic mass is 16.5. The van der Waals surface area contributed by atoms with Crippen LogP contribution in [0.4, 0.5) is 0 Å². The largest absolute Gasteiger partial charge is 0.469 e. The summed E-state index contributed by atoms with van der Waals surface area (Å²) in [6.45, 7) is 3.25. The SMILES string of the molecule is COC(=O)CCNCCCC(C)O. The van der Waals surface area contributed by atoms with E-state index in [-0.39, 0.29) is 12.1 Å². The molecule has 0 amide bonds. The van der Waals surface area contributed by atoms with Crippen molar-refractivity contribution in [2.45, 2.75) is 32.3 Å². The first-order valence-electron chi connectivity index (χ1n) is 4.62. The molecule has 0 aliphatic rings. The molecule has 0 heterocycles. The quantitative estimate of drug-likeness (QED) is 0.447. The molecule has 0 aliphatic carbocycles. The highest BCUT2D eigenvalue weighted by Crippen LogP contribution is 1.93. The van der Waals surface area contributed by atoms with E-state index in [1.165, 1.54) is 7.11 Å². The molecule has 2 N–H and O–H groups in total. The van der Waals surface area contributed by atoms with Crippen LogP contribution in [0.5, 0.6) is 0 Å². The zero-order valence-electron chi connectivity index (χ0n) is 8.38. The van der Waals surface area contributed by atoms with E-state index in [2.05, 4.69) is 10.1 Å². The van der Waals surface area contributed by atoms with Crippen LogP contribution in [0.15, 0.2) is 0 Å². The first-order chi connectivity index (χ1) is 6.16. The molecule has 4 heteroatoms. The highest BCUT2D eigenvalue weighted by Gasteiger charge is 1.98. The van der Waals surface area contributed by atoms with E-state index in [1.807, 2.05) is 0 Å². The van der Waals surface area contributed by atoms with Crippen molar-refractivity contribution < 1.29 is 14.6 Å². The number of methoxy groups -OCH3 is 1. The van der Waals surface area contributed by atoms with Gasteiger partial charge in [-0.25, -0.2) is 0 Å². The Bertz CT molecular complexity index is 137. The second-order valence-electron chi connectivity index (χ2n) is 3.07. The summed E-state index contributed by atoms with van der Waals surface area (Å²) >= 11 is 0. The van der Waals surface area contributed by atoms with Gasteiger partial charge in [0, 0.05) is 6.54 Å². The van der Waals surface area contributed by atoms with Gasteiger partial charge >= 0.3 is 5.97 Å². The van der Waals surface area contributed by atoms with Crippen molar-refractivity contribution >= 4 is 5.97 Å². The lowest BCUT2D eigenvalue weighted by Gasteiger charge is -2.05. The average molecular weight is 189 g/mol. The van der Waals surface area contributed by atoms with Crippen molar-refractivity contribution in [1.29, 1.82) is 0 Å². The number of ether oxygens (including phenoxy) is 1. The van der Waals surface area contributed by atoms with E-state index in [9.17, 15) is 4.79 Å². The fraction of sp³-hybridized carbons (Fsp3) is 0.889. The number of carbonyl (C=O) groups excluding carboxylic acids is 1. The van der Waals surface area contributed by atoms with Crippen molar-refractivity contribution in [3.8, 4) is 0 Å². The zero-order chi connectivity index (χ0) is 10.1. The molecule has 0 saturated heterocycles. The van der Waals surface area contributed by atoms with Gasteiger partial charge in [0.05, 0.1) is 19.6 Å². The smallest absolute Gasteiger partial charge is 0.306 e. The second kappa shape index (κ2) is 8.01. The molecular weight excluding hydrogens is 170 g/mol. The minimum Gasteiger partial charge on any atom is -0.469 e. The molecule has 1 unspecified atom stereocenters. The van der Waals surface area contributed by atoms with Crippen LogP contribution in [-0.2, 0) is 9.53 Å². The van der Waals surface area contributed by atoms with Crippen molar-refractivity contribution in [3.05, 3.63) is 0 Å². The number of esters is 1. The lowest BCUT2D eigenvalue weighted by Crippen LogP contribution is -2.20. The Morgan fingerprint density at radius 3 is 2.77 bits per heavy atom. The molecule has 78 valence electrons. The Hall–Kier alpha value is -0.610. The van der Waals surface area contributed by atoms with Gasteiger partial charge in [-0.1, -0.05) is 0 Å². The molecule has 0 aliphatic heterocycles. The number of hydrogen-bond acceptors (Lipinski definition) is 4. The number of nitrogens with one attached hydrogen (secondary N) is 1. The Kier molecular flexibility index (Phi) is 7.63. The summed E-state index contributed by atoms with van der Waals surface area (Å²) in [7, 11) is 1.38. The van der Waals surface area contributed by atoms with Crippen LogP contribution in [0, 0.1) is 0 Å². The summed E-state index contributed by atoms with van der Waals surface area (Å²) in [5.74, 6) is -0.192. The predicted octanol–water partition coefficient (Wildman–Crippen LogP) is 0.300. The number of aliphatic hydroxyl groups excluding tert-OH is 1. The second-order valence-corrected chi connectivity index (χ2v) is 3.07. The zero-order valence-corrected chi connectivity index (χ0v) is 8.38. The molecule has 0 aromatic rings. The van der Waals surface area contributed by atoms with Gasteiger partial charge in [0.2, 0.25) is 0 Å². The van der Waals surface area contributed by atoms with E-state index >= 15 is 0 Å². The highest BCUT2D eigenvalue weighted by molar-refractivity contribution is 5.69. The number of rotatable bonds is 7. The third-order valence-electron chi connectivity index (χ3n) is 1.71. The number of carbonyl (C=O) groups is 1. The van der Waals surface area contributed by atoms with Gasteiger partial charge in [-0.05, 0) is 26.3 Å². The van der Waals surface area contributed by atoms with Crippen LogP contribution in [0.1, 0.15) is 26.2 Å². The maximum Gasteiger partial charge on any atom is 0.306 e. The molecule has 1 atom stereocenters. The molecule has 0 radical (unpaired) electrons. The first kappa shape index (κ1) is 12.4. The van der Waals surface area contributed by atoms with Crippen LogP contribution >= 0.6 is 0 Å². The lowest BCUT2D eigenvalue weighted by molar-refractivity contribution is -0.140. The van der Waals surface area contributed by atoms with Gasteiger partial charge in [0.25, 0.3) is 0 Å². The van der Waals surface area contributed by atoms with Gasteiger partial charge in [0.15, 0.2) is 0 Å². The summed E-state index contributed by atoms with van der Waals surface area (Å²) in [5.41, 5.74) is 0. The van der Waals surface area contributed by atoms with Crippen molar-refractivity contribution in [1.82, 2.24) is 5.32 Å². The van der Waals surface area contributed by atoms with Crippen molar-refractivity contribution in [2.75, 3.05) is 20.2 Å². The summed E-state index contributed by atoms with van der Waals surface area (Å²) < 4.78 is 4.48. The molecule has 0 saturated carbocycles. The summed E-state index contributed by atoms with van der Waals surface area (Å²) in [5, 5.41) is 12.0. The Balaban J connectivity index is 3.04. The Labute approximate surface area is 79.3 Å². The molecular formula is C9H19NO3. The fourth-order valence-corrected chi connectivity index (χ4v) is 0.940. The predicted molar refractivity (Wildman–Crippen MR) is 50.4 cm³/mol. The van der Waals surface area contributed by atoms with Gasteiger partial charge in [-0.3, -0.25) is 4.79 Å². The Morgan fingerprint density at radius 2 is 2.23 bits per heavy atom. The van der Waals surface area contributed by atoms with Gasteiger partial charge in [0.1, 0.15) is 0 Å². The fourth-order valence-electron chi connectivity index (χ4n) is 0.940. The number of aliphatic hydroxyl groups is 1. The normalized spacial score (nSPS) is 12.5. The molecule has 0 rings (SSSR count). The van der Waals surface area contributed by atoms with Crippen LogP contribution in [0.2, 0.25) is 0 Å². The van der Waals surface area contributed by atoms with E-state index in [0.717, 1.165) is 19.4 Å². The molecule has 0 fully saturated rings. The van der Waals surface area contributed by atoms with E-state index in [4.69, 9.17) is 5.11 Å². The molecule has 0 aromatic heterocycles. The van der Waals surface area contributed by atoms with E-state index < -0.39 is 0 Å². The van der Waals surface area contributed by atoms with Crippen LogP contribution in [0.3, 0.4) is 0 Å². The lowest BCUT2D eigenvalue weighted by atomic mass is 10.2. The van der Waals surface area contributed by atoms with E-state index in [1.54, 1.807) is 6.92 Å². The summed E-state index contributed by atoms with van der Waals surface area (Å²) in [4.78, 5) is 10.7. The van der Waals surface area contributed by atoms with Gasteiger partial charge < -0.3 is 15.2 Å². The first-order valence-corrected chi connectivity index (χ1v) is 4.62. The maximum absolute atomic E-state index is 10.7. The topological polar surface area (TPSA) is 58.6 Å². The molecule has 0 bridgehead atoms. The summed E-state index contributed by atoms with van der Waals surface area (Å²) in [6, 6.07) is 0. The minimum atomic E-state index is -0.234. The molecule has 0 aromatic carbocycles. The van der Waals surface area contributed by atoms with Gasteiger partial charge in [-0.15, -0.1) is 0 Å². The number of hydrogen-bond donors (Lipinski definition) is 2. The Morgan fingerprint density at radius 1 is 1.54 bits per heavy atom. The van der Waals surface area contributed by atoms with Crippen LogP contribution in [0.25, 0.3) is 0 Å². The summed E-state index contributed by atoms with van der Waals surface area (Å²) in [6.07, 6.45) is 1.90. The average Bonchev–Trinajstić information content (AvgIpc) is 2.10. The molecule has 4 nitrogen and oxygen atoms in total. The minimum absolute atomic E-state index is 0.192. The van der Waals surface area contributed by atoms with Crippen LogP contribution < -0.4 is 5.32 Å². The molecule has 13 heavy (non-hydrogen) atoms. The monoisotopic (exact) mass is 189 g/mol. The van der Waals surface area contributed by atoms with Gasteiger partial charge in [-0.2, -0.15) is 0 Å². The maximum atomic E-state index is 10.7. The molecule has 0 spiro atoms. The van der Waals surface area contributed by atoms with E-state index in [0.29, 0.717) is 13.0 Å². The standard InChI is InChI=1S/C9H19NO3/c1-8(11)4-3-6-10-7-5-9(12)13-2/h8,10-11H,3-7H2,1-2H3. The third-order valence-corrected chi connectivity index (χ3v) is 1.71. The third kappa shape index (κ3) is 9.30. The van der Waals surface area contributed by atoms with Crippen molar-refractivity contribution in [3.63, 3.8) is 0 Å².